The molecule has 0 amide bonds. The number of hydrogen-bond donors (Lipinski definition) is 0. The predicted molar refractivity (Wildman–Crippen MR) is 63.8 cm³/mol. The summed E-state index contributed by atoms with van der Waals surface area (Å²) in [5.74, 6) is 0.470. The van der Waals surface area contributed by atoms with Crippen LogP contribution in [0.1, 0.15) is 51.2 Å². The summed E-state index contributed by atoms with van der Waals surface area (Å²) in [5, 5.41) is 0. The van der Waals surface area contributed by atoms with Gasteiger partial charge in [0.05, 0.1) is 5.92 Å². The summed E-state index contributed by atoms with van der Waals surface area (Å²) in [6.45, 7) is 8.52. The summed E-state index contributed by atoms with van der Waals surface area (Å²) in [7, 11) is 0. The first-order valence-corrected chi connectivity index (χ1v) is 5.82. The number of fused-ring (bicyclic) bond motifs is 1. The Kier molecular flexibility index (Phi) is 2.53. The second-order valence-electron chi connectivity index (χ2n) is 5.13. The lowest BCUT2D eigenvalue weighted by molar-refractivity contribution is -0.133. The van der Waals surface area contributed by atoms with Gasteiger partial charge in [0.25, 0.3) is 0 Å². The molecule has 86 valence electrons. The maximum Gasteiger partial charge on any atom is 0.318 e. The van der Waals surface area contributed by atoms with Gasteiger partial charge in [-0.1, -0.05) is 32.9 Å². The van der Waals surface area contributed by atoms with Gasteiger partial charge < -0.3 is 4.74 Å². The van der Waals surface area contributed by atoms with Gasteiger partial charge in [-0.15, -0.1) is 0 Å². The van der Waals surface area contributed by atoms with E-state index in [-0.39, 0.29) is 17.3 Å². The maximum atomic E-state index is 11.4. The lowest BCUT2D eigenvalue weighted by Gasteiger charge is -2.23. The van der Waals surface area contributed by atoms with Crippen molar-refractivity contribution in [3.8, 4) is 5.75 Å². The van der Waals surface area contributed by atoms with E-state index >= 15 is 0 Å². The highest BCUT2D eigenvalue weighted by molar-refractivity contribution is 5.85. The highest BCUT2D eigenvalue weighted by Crippen LogP contribution is 2.38. The van der Waals surface area contributed by atoms with Gasteiger partial charge >= 0.3 is 5.97 Å². The quantitative estimate of drug-likeness (QED) is 0.561. The van der Waals surface area contributed by atoms with E-state index in [1.54, 1.807) is 0 Å². The minimum absolute atomic E-state index is 0.123. The maximum absolute atomic E-state index is 11.4. The van der Waals surface area contributed by atoms with E-state index < -0.39 is 0 Å². The first-order valence-electron chi connectivity index (χ1n) is 5.82. The third-order valence-corrected chi connectivity index (χ3v) is 3.71. The zero-order chi connectivity index (χ0) is 11.9. The molecule has 1 heterocycles. The number of carbonyl (C=O) groups is 1. The Balaban J connectivity index is 2.45. The lowest BCUT2D eigenvalue weighted by Crippen LogP contribution is -2.15. The van der Waals surface area contributed by atoms with Gasteiger partial charge in [-0.3, -0.25) is 4.79 Å². The number of ether oxygens (including phenoxy) is 1. The van der Waals surface area contributed by atoms with Gasteiger partial charge in [-0.25, -0.2) is 0 Å². The number of carbonyl (C=O) groups excluding carboxylic acids is 1. The van der Waals surface area contributed by atoms with E-state index in [1.165, 1.54) is 5.56 Å². The smallest absolute Gasteiger partial charge is 0.318 e. The minimum atomic E-state index is -0.138. The molecule has 0 radical (unpaired) electrons. The predicted octanol–water partition coefficient (Wildman–Crippen LogP) is 3.40. The molecule has 0 spiro atoms. The Morgan fingerprint density at radius 2 is 2.06 bits per heavy atom. The molecule has 1 aromatic carbocycles. The van der Waals surface area contributed by atoms with Crippen molar-refractivity contribution in [3.05, 3.63) is 29.3 Å². The fraction of sp³-hybridized carbons (Fsp3) is 0.500. The fourth-order valence-corrected chi connectivity index (χ4v) is 1.93. The van der Waals surface area contributed by atoms with E-state index in [0.717, 1.165) is 17.7 Å². The van der Waals surface area contributed by atoms with Crippen LogP contribution in [0.2, 0.25) is 0 Å². The lowest BCUT2D eigenvalue weighted by atomic mass is 9.81. The van der Waals surface area contributed by atoms with E-state index in [1.807, 2.05) is 13.0 Å². The van der Waals surface area contributed by atoms with Gasteiger partial charge in [0, 0.05) is 5.56 Å². The monoisotopic (exact) mass is 218 g/mol. The van der Waals surface area contributed by atoms with Crippen molar-refractivity contribution in [3.63, 3.8) is 0 Å². The molecule has 0 saturated heterocycles. The molecule has 1 aliphatic heterocycles. The van der Waals surface area contributed by atoms with Crippen LogP contribution in [-0.4, -0.2) is 5.97 Å². The summed E-state index contributed by atoms with van der Waals surface area (Å²) in [6, 6.07) is 6.10. The van der Waals surface area contributed by atoms with Crippen LogP contribution in [0.3, 0.4) is 0 Å². The van der Waals surface area contributed by atoms with Crippen LogP contribution in [0.15, 0.2) is 18.2 Å². The zero-order valence-corrected chi connectivity index (χ0v) is 10.3. The van der Waals surface area contributed by atoms with E-state index in [0.29, 0.717) is 0 Å². The van der Waals surface area contributed by atoms with Gasteiger partial charge in [-0.2, -0.15) is 0 Å². The fourth-order valence-electron chi connectivity index (χ4n) is 1.93. The molecule has 0 bridgehead atoms. The van der Waals surface area contributed by atoms with Crippen molar-refractivity contribution in [2.45, 2.75) is 45.4 Å². The average Bonchev–Trinajstić information content (AvgIpc) is 2.55. The first kappa shape index (κ1) is 11.2. The standard InChI is InChI=1S/C14H18O2/c1-5-14(3,4)10-6-7-12-11(8-10)9(2)13(15)16-12/h6-9H,5H2,1-4H3. The molecule has 1 atom stereocenters. The van der Waals surface area contributed by atoms with Gasteiger partial charge in [0.1, 0.15) is 5.75 Å². The Bertz CT molecular complexity index is 432. The molecule has 0 N–H and O–H groups in total. The number of rotatable bonds is 2. The molecule has 0 aromatic heterocycles. The van der Waals surface area contributed by atoms with Crippen LogP contribution < -0.4 is 4.74 Å². The molecule has 1 aliphatic rings. The van der Waals surface area contributed by atoms with Gasteiger partial charge in [-0.05, 0) is 30.4 Å². The highest BCUT2D eigenvalue weighted by atomic mass is 16.5. The van der Waals surface area contributed by atoms with Crippen LogP contribution in [0, 0.1) is 0 Å². The molecule has 2 nitrogen and oxygen atoms in total. The Hall–Kier alpha value is -1.31. The molecule has 1 unspecified atom stereocenters. The van der Waals surface area contributed by atoms with Crippen molar-refractivity contribution >= 4 is 5.97 Å². The van der Waals surface area contributed by atoms with Crippen LogP contribution >= 0.6 is 0 Å². The van der Waals surface area contributed by atoms with E-state index in [9.17, 15) is 4.79 Å². The topological polar surface area (TPSA) is 26.3 Å². The van der Waals surface area contributed by atoms with Gasteiger partial charge in [0.15, 0.2) is 0 Å². The zero-order valence-electron chi connectivity index (χ0n) is 10.3. The largest absolute Gasteiger partial charge is 0.426 e. The highest BCUT2D eigenvalue weighted by Gasteiger charge is 2.30. The normalized spacial score (nSPS) is 19.5. The Labute approximate surface area is 96.6 Å². The third-order valence-electron chi connectivity index (χ3n) is 3.71. The van der Waals surface area contributed by atoms with Crippen molar-refractivity contribution in [2.24, 2.45) is 0 Å². The molecule has 16 heavy (non-hydrogen) atoms. The molecule has 0 aliphatic carbocycles. The average molecular weight is 218 g/mol. The molecule has 2 heteroatoms. The van der Waals surface area contributed by atoms with Crippen molar-refractivity contribution in [1.82, 2.24) is 0 Å². The number of benzene rings is 1. The van der Waals surface area contributed by atoms with E-state index in [4.69, 9.17) is 4.74 Å². The second-order valence-corrected chi connectivity index (χ2v) is 5.13. The molecular weight excluding hydrogens is 200 g/mol. The first-order chi connectivity index (χ1) is 7.45. The number of hydrogen-bond acceptors (Lipinski definition) is 2. The SMILES string of the molecule is CCC(C)(C)c1ccc2c(c1)C(C)C(=O)O2. The summed E-state index contributed by atoms with van der Waals surface area (Å²) >= 11 is 0. The molecule has 1 aromatic rings. The Morgan fingerprint density at radius 3 is 2.69 bits per heavy atom. The van der Waals surface area contributed by atoms with Crippen molar-refractivity contribution in [1.29, 1.82) is 0 Å². The van der Waals surface area contributed by atoms with Crippen molar-refractivity contribution in [2.75, 3.05) is 0 Å². The summed E-state index contributed by atoms with van der Waals surface area (Å²) < 4.78 is 5.18. The van der Waals surface area contributed by atoms with Crippen molar-refractivity contribution < 1.29 is 9.53 Å². The second kappa shape index (κ2) is 3.62. The van der Waals surface area contributed by atoms with Crippen LogP contribution in [0.25, 0.3) is 0 Å². The summed E-state index contributed by atoms with van der Waals surface area (Å²) in [6.07, 6.45) is 1.08. The molecule has 2 rings (SSSR count). The number of esters is 1. The van der Waals surface area contributed by atoms with Crippen LogP contribution in [-0.2, 0) is 10.2 Å². The summed E-state index contributed by atoms with van der Waals surface area (Å²) in [4.78, 5) is 11.4. The van der Waals surface area contributed by atoms with E-state index in [2.05, 4.69) is 32.9 Å². The van der Waals surface area contributed by atoms with Gasteiger partial charge in [0.2, 0.25) is 0 Å². The summed E-state index contributed by atoms with van der Waals surface area (Å²) in [5.41, 5.74) is 2.46. The van der Waals surface area contributed by atoms with Crippen LogP contribution in [0.5, 0.6) is 5.75 Å². The molecular formula is C14H18O2. The molecule has 0 fully saturated rings. The Morgan fingerprint density at radius 1 is 1.38 bits per heavy atom. The molecule has 0 saturated carbocycles. The van der Waals surface area contributed by atoms with Crippen LogP contribution in [0.4, 0.5) is 0 Å². The third kappa shape index (κ3) is 1.62. The minimum Gasteiger partial charge on any atom is -0.426 e.